The van der Waals surface area contributed by atoms with Crippen molar-refractivity contribution in [1.82, 2.24) is 20.0 Å². The molecular formula is C13H18N4O2S. The van der Waals surface area contributed by atoms with Crippen molar-refractivity contribution in [3.63, 3.8) is 0 Å². The average molecular weight is 294 g/mol. The van der Waals surface area contributed by atoms with Gasteiger partial charge in [-0.05, 0) is 44.0 Å². The number of fused-ring (bicyclic) bond motifs is 1. The monoisotopic (exact) mass is 294 g/mol. The first-order chi connectivity index (χ1) is 9.65. The number of sulfonamides is 1. The first kappa shape index (κ1) is 13.5. The molecule has 6 nitrogen and oxygen atoms in total. The zero-order valence-electron chi connectivity index (χ0n) is 11.1. The SMILES string of the molecule is O=S(=O)(NC[C@H]1CCCNC1)c1nc2ccccc2[nH]1. The molecule has 0 saturated carbocycles. The predicted molar refractivity (Wildman–Crippen MR) is 76.9 cm³/mol. The molecule has 0 amide bonds. The van der Waals surface area contributed by atoms with Gasteiger partial charge < -0.3 is 10.3 Å². The summed E-state index contributed by atoms with van der Waals surface area (Å²) in [5.41, 5.74) is 1.39. The van der Waals surface area contributed by atoms with Crippen LogP contribution < -0.4 is 10.0 Å². The Labute approximate surface area is 118 Å². The van der Waals surface area contributed by atoms with Crippen LogP contribution in [0.4, 0.5) is 0 Å². The fourth-order valence-corrected chi connectivity index (χ4v) is 3.51. The Balaban J connectivity index is 1.73. The molecule has 7 heteroatoms. The lowest BCUT2D eigenvalue weighted by Crippen LogP contribution is -2.38. The number of aromatic amines is 1. The molecule has 1 aliphatic rings. The van der Waals surface area contributed by atoms with Crippen LogP contribution in [0.1, 0.15) is 12.8 Å². The largest absolute Gasteiger partial charge is 0.328 e. The van der Waals surface area contributed by atoms with E-state index in [9.17, 15) is 8.42 Å². The molecule has 0 aliphatic carbocycles. The summed E-state index contributed by atoms with van der Waals surface area (Å²) in [5, 5.41) is 3.26. The number of H-pyrrole nitrogens is 1. The van der Waals surface area contributed by atoms with Crippen LogP contribution in [0.25, 0.3) is 11.0 Å². The minimum Gasteiger partial charge on any atom is -0.328 e. The molecule has 1 aromatic carbocycles. The maximum absolute atomic E-state index is 12.2. The van der Waals surface area contributed by atoms with Gasteiger partial charge in [-0.15, -0.1) is 0 Å². The van der Waals surface area contributed by atoms with Crippen LogP contribution in [0.15, 0.2) is 29.4 Å². The van der Waals surface area contributed by atoms with Gasteiger partial charge in [-0.1, -0.05) is 12.1 Å². The number of imidazole rings is 1. The lowest BCUT2D eigenvalue weighted by Gasteiger charge is -2.22. The fraction of sp³-hybridized carbons (Fsp3) is 0.462. The van der Waals surface area contributed by atoms with E-state index in [0.29, 0.717) is 18.0 Å². The van der Waals surface area contributed by atoms with Crippen LogP contribution >= 0.6 is 0 Å². The summed E-state index contributed by atoms with van der Waals surface area (Å²) in [7, 11) is -3.57. The second-order valence-electron chi connectivity index (χ2n) is 5.12. The van der Waals surface area contributed by atoms with E-state index < -0.39 is 10.0 Å². The van der Waals surface area contributed by atoms with Gasteiger partial charge in [-0.25, -0.2) is 18.1 Å². The summed E-state index contributed by atoms with van der Waals surface area (Å²) in [5.74, 6) is 0.350. The Bertz CT molecular complexity index is 656. The normalized spacial score (nSPS) is 20.3. The van der Waals surface area contributed by atoms with E-state index in [-0.39, 0.29) is 5.16 Å². The fourth-order valence-electron chi connectivity index (χ4n) is 2.45. The highest BCUT2D eigenvalue weighted by Crippen LogP contribution is 2.14. The zero-order chi connectivity index (χ0) is 14.0. The lowest BCUT2D eigenvalue weighted by molar-refractivity contribution is 0.375. The number of nitrogens with zero attached hydrogens (tertiary/aromatic N) is 1. The third kappa shape index (κ3) is 2.84. The van der Waals surface area contributed by atoms with Gasteiger partial charge in [0.25, 0.3) is 10.0 Å². The third-order valence-corrected chi connectivity index (χ3v) is 4.83. The van der Waals surface area contributed by atoms with E-state index in [0.717, 1.165) is 31.4 Å². The van der Waals surface area contributed by atoms with Crippen LogP contribution in [0, 0.1) is 5.92 Å². The van der Waals surface area contributed by atoms with Gasteiger partial charge in [0.1, 0.15) is 0 Å². The summed E-state index contributed by atoms with van der Waals surface area (Å²) in [6, 6.07) is 7.28. The van der Waals surface area contributed by atoms with Crippen molar-refractivity contribution in [3.8, 4) is 0 Å². The highest BCUT2D eigenvalue weighted by molar-refractivity contribution is 7.89. The Kier molecular flexibility index (Phi) is 3.73. The van der Waals surface area contributed by atoms with Gasteiger partial charge in [-0.2, -0.15) is 0 Å². The maximum Gasteiger partial charge on any atom is 0.274 e. The molecule has 1 atom stereocenters. The Morgan fingerprint density at radius 3 is 2.95 bits per heavy atom. The Hall–Kier alpha value is -1.44. The molecule has 2 aromatic rings. The molecule has 0 bridgehead atoms. The van der Waals surface area contributed by atoms with Crippen molar-refractivity contribution < 1.29 is 8.42 Å². The standard InChI is InChI=1S/C13H18N4O2S/c18-20(19,15-9-10-4-3-7-14-8-10)13-16-11-5-1-2-6-12(11)17-13/h1-2,5-6,10,14-15H,3-4,7-9H2,(H,16,17)/t10-/m0/s1. The van der Waals surface area contributed by atoms with Crippen molar-refractivity contribution >= 4 is 21.1 Å². The highest BCUT2D eigenvalue weighted by Gasteiger charge is 2.21. The number of rotatable bonds is 4. The Morgan fingerprint density at radius 2 is 2.20 bits per heavy atom. The zero-order valence-corrected chi connectivity index (χ0v) is 11.9. The molecule has 108 valence electrons. The van der Waals surface area contributed by atoms with E-state index in [1.54, 1.807) is 6.07 Å². The van der Waals surface area contributed by atoms with E-state index in [4.69, 9.17) is 0 Å². The number of hydrogen-bond donors (Lipinski definition) is 3. The number of aromatic nitrogens is 2. The van der Waals surface area contributed by atoms with Gasteiger partial charge in [0.15, 0.2) is 0 Å². The number of hydrogen-bond acceptors (Lipinski definition) is 4. The molecule has 2 heterocycles. The molecule has 0 unspecified atom stereocenters. The van der Waals surface area contributed by atoms with Gasteiger partial charge in [-0.3, -0.25) is 0 Å². The first-order valence-electron chi connectivity index (χ1n) is 6.80. The smallest absolute Gasteiger partial charge is 0.274 e. The number of nitrogens with one attached hydrogen (secondary N) is 3. The van der Waals surface area contributed by atoms with Gasteiger partial charge in [0, 0.05) is 6.54 Å². The number of para-hydroxylation sites is 2. The van der Waals surface area contributed by atoms with Gasteiger partial charge >= 0.3 is 0 Å². The molecule has 1 saturated heterocycles. The molecule has 3 N–H and O–H groups in total. The van der Waals surface area contributed by atoms with Crippen LogP contribution in [0.3, 0.4) is 0 Å². The summed E-state index contributed by atoms with van der Waals surface area (Å²) in [6.07, 6.45) is 2.15. The topological polar surface area (TPSA) is 86.9 Å². The van der Waals surface area contributed by atoms with E-state index in [1.807, 2.05) is 18.2 Å². The predicted octanol–water partition coefficient (Wildman–Crippen LogP) is 0.841. The highest BCUT2D eigenvalue weighted by atomic mass is 32.2. The molecule has 1 fully saturated rings. The molecule has 20 heavy (non-hydrogen) atoms. The Morgan fingerprint density at radius 1 is 1.35 bits per heavy atom. The van der Waals surface area contributed by atoms with Crippen LogP contribution in [-0.4, -0.2) is 38.0 Å². The van der Waals surface area contributed by atoms with Crippen molar-refractivity contribution in [2.24, 2.45) is 5.92 Å². The van der Waals surface area contributed by atoms with Crippen molar-refractivity contribution in [2.75, 3.05) is 19.6 Å². The van der Waals surface area contributed by atoms with E-state index >= 15 is 0 Å². The molecule has 0 radical (unpaired) electrons. The van der Waals surface area contributed by atoms with Gasteiger partial charge in [0.2, 0.25) is 5.16 Å². The van der Waals surface area contributed by atoms with E-state index in [1.165, 1.54) is 0 Å². The van der Waals surface area contributed by atoms with Crippen molar-refractivity contribution in [2.45, 2.75) is 18.0 Å². The number of piperidine rings is 1. The third-order valence-electron chi connectivity index (χ3n) is 3.58. The first-order valence-corrected chi connectivity index (χ1v) is 8.28. The van der Waals surface area contributed by atoms with E-state index in [2.05, 4.69) is 20.0 Å². The minimum atomic E-state index is -3.57. The van der Waals surface area contributed by atoms with Crippen LogP contribution in [0.5, 0.6) is 0 Å². The lowest BCUT2D eigenvalue weighted by atomic mass is 10.0. The number of benzene rings is 1. The summed E-state index contributed by atoms with van der Waals surface area (Å²) in [4.78, 5) is 6.97. The van der Waals surface area contributed by atoms with Gasteiger partial charge in [0.05, 0.1) is 11.0 Å². The molecule has 1 aromatic heterocycles. The summed E-state index contributed by atoms with van der Waals surface area (Å²) < 4.78 is 27.1. The molecular weight excluding hydrogens is 276 g/mol. The van der Waals surface area contributed by atoms with Crippen LogP contribution in [-0.2, 0) is 10.0 Å². The second kappa shape index (κ2) is 5.51. The molecule has 1 aliphatic heterocycles. The summed E-state index contributed by atoms with van der Waals surface area (Å²) >= 11 is 0. The van der Waals surface area contributed by atoms with Crippen LogP contribution in [0.2, 0.25) is 0 Å². The van der Waals surface area contributed by atoms with Crippen molar-refractivity contribution in [3.05, 3.63) is 24.3 Å². The summed E-state index contributed by atoms with van der Waals surface area (Å²) in [6.45, 7) is 2.34. The molecule has 3 rings (SSSR count). The second-order valence-corrected chi connectivity index (χ2v) is 6.81. The quantitative estimate of drug-likeness (QED) is 0.780. The van der Waals surface area contributed by atoms with Crippen molar-refractivity contribution in [1.29, 1.82) is 0 Å². The average Bonchev–Trinajstić information content (AvgIpc) is 2.91. The minimum absolute atomic E-state index is 0.0116. The molecule has 0 spiro atoms. The maximum atomic E-state index is 12.2.